The summed E-state index contributed by atoms with van der Waals surface area (Å²) < 4.78 is 0. The Morgan fingerprint density at radius 1 is 1.27 bits per heavy atom. The van der Waals surface area contributed by atoms with Crippen LogP contribution >= 0.6 is 11.6 Å². The lowest BCUT2D eigenvalue weighted by molar-refractivity contribution is -0.115. The lowest BCUT2D eigenvalue weighted by Gasteiger charge is -2.11. The molecule has 15 heavy (non-hydrogen) atoms. The first-order chi connectivity index (χ1) is 7.22. The summed E-state index contributed by atoms with van der Waals surface area (Å²) in [5, 5.41) is -0.148. The van der Waals surface area contributed by atoms with Gasteiger partial charge in [-0.3, -0.25) is 4.79 Å². The van der Waals surface area contributed by atoms with Crippen molar-refractivity contribution in [2.24, 2.45) is 5.92 Å². The quantitative estimate of drug-likeness (QED) is 0.302. The van der Waals surface area contributed by atoms with Crippen LogP contribution in [0.1, 0.15) is 58.3 Å². The highest BCUT2D eigenvalue weighted by Crippen LogP contribution is 2.20. The zero-order chi connectivity index (χ0) is 11.5. The number of halogens is 1. The first-order valence-corrected chi connectivity index (χ1v) is 6.40. The van der Waals surface area contributed by atoms with Crippen molar-refractivity contribution < 1.29 is 4.79 Å². The Hall–Kier alpha value is -0.300. The van der Waals surface area contributed by atoms with Gasteiger partial charge < -0.3 is 0 Å². The maximum Gasteiger partial charge on any atom is 0.224 e. The normalized spacial score (nSPS) is 12.4. The molecule has 0 N–H and O–H groups in total. The van der Waals surface area contributed by atoms with Crippen molar-refractivity contribution in [3.05, 3.63) is 12.7 Å². The van der Waals surface area contributed by atoms with Crippen LogP contribution in [-0.2, 0) is 4.79 Å². The average Bonchev–Trinajstić information content (AvgIpc) is 2.21. The summed E-state index contributed by atoms with van der Waals surface area (Å²) in [6.07, 6.45) is 10.6. The summed E-state index contributed by atoms with van der Waals surface area (Å²) in [5.74, 6) is 0.0861. The molecule has 0 aromatic heterocycles. The molecule has 0 aliphatic rings. The molecule has 0 spiro atoms. The van der Waals surface area contributed by atoms with Crippen molar-refractivity contribution in [1.29, 1.82) is 0 Å². The maximum atomic E-state index is 11.1. The zero-order valence-electron chi connectivity index (χ0n) is 9.80. The van der Waals surface area contributed by atoms with Crippen molar-refractivity contribution in [2.45, 2.75) is 58.3 Å². The topological polar surface area (TPSA) is 17.1 Å². The minimum absolute atomic E-state index is 0.0861. The number of carbonyl (C=O) groups excluding carboxylic acids is 1. The van der Waals surface area contributed by atoms with E-state index in [1.165, 1.54) is 12.8 Å². The van der Waals surface area contributed by atoms with Crippen LogP contribution in [0.2, 0.25) is 0 Å². The summed E-state index contributed by atoms with van der Waals surface area (Å²) in [6, 6.07) is 0. The smallest absolute Gasteiger partial charge is 0.224 e. The summed E-state index contributed by atoms with van der Waals surface area (Å²) in [6.45, 7) is 5.85. The van der Waals surface area contributed by atoms with Crippen LogP contribution in [0.4, 0.5) is 0 Å². The minimum Gasteiger partial charge on any atom is -0.281 e. The van der Waals surface area contributed by atoms with Gasteiger partial charge in [0.15, 0.2) is 0 Å². The number of unbranched alkanes of at least 4 members (excludes halogenated alkanes) is 4. The van der Waals surface area contributed by atoms with Crippen LogP contribution in [0, 0.1) is 5.92 Å². The third-order valence-corrected chi connectivity index (χ3v) is 3.00. The van der Waals surface area contributed by atoms with Crippen molar-refractivity contribution in [1.82, 2.24) is 0 Å². The molecular formula is C13H23ClO. The molecule has 0 saturated heterocycles. The second-order valence-electron chi connectivity index (χ2n) is 4.07. The summed E-state index contributed by atoms with van der Waals surface area (Å²) in [7, 11) is 0. The molecule has 0 aromatic carbocycles. The van der Waals surface area contributed by atoms with Gasteiger partial charge in [0.05, 0.1) is 0 Å². The Kier molecular flexibility index (Phi) is 10.0. The minimum atomic E-state index is -0.148. The van der Waals surface area contributed by atoms with Gasteiger partial charge in [0.25, 0.3) is 0 Å². The highest BCUT2D eigenvalue weighted by molar-refractivity contribution is 6.63. The van der Waals surface area contributed by atoms with Gasteiger partial charge in [-0.05, 0) is 37.3 Å². The molecule has 88 valence electrons. The van der Waals surface area contributed by atoms with E-state index in [-0.39, 0.29) is 11.2 Å². The van der Waals surface area contributed by atoms with Gasteiger partial charge >= 0.3 is 0 Å². The lowest BCUT2D eigenvalue weighted by atomic mass is 9.96. The van der Waals surface area contributed by atoms with Gasteiger partial charge in [-0.1, -0.05) is 38.7 Å². The van der Waals surface area contributed by atoms with Crippen molar-refractivity contribution in [3.63, 3.8) is 0 Å². The van der Waals surface area contributed by atoms with E-state index in [4.69, 9.17) is 11.6 Å². The van der Waals surface area contributed by atoms with Gasteiger partial charge in [0, 0.05) is 5.92 Å². The predicted octanol–water partition coefficient (Wildman–Crippen LogP) is 4.69. The molecule has 0 bridgehead atoms. The highest BCUT2D eigenvalue weighted by Gasteiger charge is 2.14. The van der Waals surface area contributed by atoms with E-state index in [1.807, 2.05) is 6.08 Å². The van der Waals surface area contributed by atoms with Crippen LogP contribution in [0.5, 0.6) is 0 Å². The molecule has 2 heteroatoms. The van der Waals surface area contributed by atoms with Gasteiger partial charge in [0.2, 0.25) is 5.24 Å². The van der Waals surface area contributed by atoms with E-state index in [0.717, 1.165) is 38.5 Å². The fourth-order valence-corrected chi connectivity index (χ4v) is 1.91. The lowest BCUT2D eigenvalue weighted by Crippen LogP contribution is -2.08. The third kappa shape index (κ3) is 8.68. The molecule has 1 nitrogen and oxygen atoms in total. The number of hydrogen-bond acceptors (Lipinski definition) is 1. The predicted molar refractivity (Wildman–Crippen MR) is 67.2 cm³/mol. The number of hydrogen-bond donors (Lipinski definition) is 0. The van der Waals surface area contributed by atoms with E-state index in [0.29, 0.717) is 0 Å². The Morgan fingerprint density at radius 3 is 2.33 bits per heavy atom. The van der Waals surface area contributed by atoms with Crippen molar-refractivity contribution in [3.8, 4) is 0 Å². The number of rotatable bonds is 10. The first-order valence-electron chi connectivity index (χ1n) is 6.02. The Bertz CT molecular complexity index is 177. The molecule has 0 aliphatic heterocycles. The Morgan fingerprint density at radius 2 is 1.87 bits per heavy atom. The van der Waals surface area contributed by atoms with E-state index in [2.05, 4.69) is 13.5 Å². The van der Waals surface area contributed by atoms with Gasteiger partial charge in [0.1, 0.15) is 0 Å². The van der Waals surface area contributed by atoms with E-state index >= 15 is 0 Å². The fraction of sp³-hybridized carbons (Fsp3) is 0.769. The van der Waals surface area contributed by atoms with Crippen LogP contribution in [-0.4, -0.2) is 5.24 Å². The second-order valence-corrected chi connectivity index (χ2v) is 4.44. The molecule has 1 atom stereocenters. The average molecular weight is 231 g/mol. The van der Waals surface area contributed by atoms with E-state index in [9.17, 15) is 4.79 Å². The van der Waals surface area contributed by atoms with Crippen LogP contribution < -0.4 is 0 Å². The molecule has 0 radical (unpaired) electrons. The van der Waals surface area contributed by atoms with E-state index in [1.54, 1.807) is 0 Å². The fourth-order valence-electron chi connectivity index (χ4n) is 1.69. The molecule has 0 aliphatic carbocycles. The highest BCUT2D eigenvalue weighted by atomic mass is 35.5. The van der Waals surface area contributed by atoms with Crippen molar-refractivity contribution in [2.75, 3.05) is 0 Å². The van der Waals surface area contributed by atoms with Gasteiger partial charge in [-0.25, -0.2) is 0 Å². The van der Waals surface area contributed by atoms with Crippen molar-refractivity contribution >= 4 is 16.8 Å². The Balaban J connectivity index is 3.63. The van der Waals surface area contributed by atoms with Crippen LogP contribution in [0.25, 0.3) is 0 Å². The molecule has 0 heterocycles. The molecule has 0 saturated carbocycles. The molecule has 0 fully saturated rings. The Labute approximate surface area is 98.9 Å². The van der Waals surface area contributed by atoms with Gasteiger partial charge in [-0.15, -0.1) is 6.58 Å². The molecule has 0 rings (SSSR count). The second kappa shape index (κ2) is 10.2. The first kappa shape index (κ1) is 14.7. The molecule has 1 unspecified atom stereocenters. The van der Waals surface area contributed by atoms with Gasteiger partial charge in [-0.2, -0.15) is 0 Å². The maximum absolute atomic E-state index is 11.1. The number of allylic oxidation sites excluding steroid dienone is 1. The summed E-state index contributed by atoms with van der Waals surface area (Å²) in [5.41, 5.74) is 0. The largest absolute Gasteiger partial charge is 0.281 e. The van der Waals surface area contributed by atoms with E-state index < -0.39 is 0 Å². The van der Waals surface area contributed by atoms with Crippen LogP contribution in [0.15, 0.2) is 12.7 Å². The SMILES string of the molecule is C=CCCCCC(CCCCC)C(=O)Cl. The summed E-state index contributed by atoms with van der Waals surface area (Å²) >= 11 is 5.58. The third-order valence-electron chi connectivity index (χ3n) is 2.69. The van der Waals surface area contributed by atoms with Crippen LogP contribution in [0.3, 0.4) is 0 Å². The zero-order valence-corrected chi connectivity index (χ0v) is 10.6. The molecule has 0 amide bonds. The molecule has 0 aromatic rings. The molecular weight excluding hydrogens is 208 g/mol. The number of carbonyl (C=O) groups is 1. The monoisotopic (exact) mass is 230 g/mol. The summed E-state index contributed by atoms with van der Waals surface area (Å²) in [4.78, 5) is 11.1. The standard InChI is InChI=1S/C13H23ClO/c1-3-5-7-9-11-12(13(14)15)10-8-6-4-2/h3,12H,1,4-11H2,2H3.